The van der Waals surface area contributed by atoms with E-state index in [0.717, 1.165) is 5.69 Å². The topological polar surface area (TPSA) is 52.0 Å². The Hall–Kier alpha value is -0.480. The van der Waals surface area contributed by atoms with E-state index in [1.165, 1.54) is 0 Å². The molecule has 1 heterocycles. The van der Waals surface area contributed by atoms with E-state index in [4.69, 9.17) is 10.2 Å². The Balaban J connectivity index is 2.63. The predicted molar refractivity (Wildman–Crippen MR) is 50.2 cm³/mol. The van der Waals surface area contributed by atoms with Crippen molar-refractivity contribution in [1.82, 2.24) is 4.98 Å². The molecule has 0 unspecified atom stereocenters. The molecule has 0 atom stereocenters. The van der Waals surface area contributed by atoms with Crippen molar-refractivity contribution in [2.24, 2.45) is 5.73 Å². The Kier molecular flexibility index (Phi) is 2.80. The van der Waals surface area contributed by atoms with Crippen LogP contribution in [0.25, 0.3) is 0 Å². The zero-order chi connectivity index (χ0) is 9.19. The van der Waals surface area contributed by atoms with Crippen LogP contribution in [0.15, 0.2) is 15.9 Å². The number of hydrogen-bond donors (Lipinski definition) is 1. The van der Waals surface area contributed by atoms with Crippen molar-refractivity contribution in [2.75, 3.05) is 6.54 Å². The number of hydrogen-bond acceptors (Lipinski definition) is 4. The van der Waals surface area contributed by atoms with Crippen LogP contribution in [0.1, 0.15) is 19.5 Å². The third-order valence-corrected chi connectivity index (χ3v) is 2.53. The molecule has 3 nitrogen and oxygen atoms in total. The maximum Gasteiger partial charge on any atom is 0.256 e. The summed E-state index contributed by atoms with van der Waals surface area (Å²) < 4.78 is 5.20. The third-order valence-electron chi connectivity index (χ3n) is 1.45. The van der Waals surface area contributed by atoms with Crippen molar-refractivity contribution in [2.45, 2.75) is 30.7 Å². The van der Waals surface area contributed by atoms with Gasteiger partial charge in [-0.25, -0.2) is 4.98 Å². The molecule has 0 radical (unpaired) electrons. The molecule has 0 aliphatic carbocycles. The molecule has 4 heteroatoms. The van der Waals surface area contributed by atoms with Crippen molar-refractivity contribution in [1.29, 1.82) is 0 Å². The average molecular weight is 186 g/mol. The summed E-state index contributed by atoms with van der Waals surface area (Å²) in [4.78, 5) is 4.18. The van der Waals surface area contributed by atoms with Crippen LogP contribution in [0.5, 0.6) is 0 Å². The summed E-state index contributed by atoms with van der Waals surface area (Å²) >= 11 is 1.56. The van der Waals surface area contributed by atoms with Crippen LogP contribution in [0, 0.1) is 6.92 Å². The van der Waals surface area contributed by atoms with E-state index in [2.05, 4.69) is 18.8 Å². The average Bonchev–Trinajstić information content (AvgIpc) is 2.35. The second-order valence-electron chi connectivity index (χ2n) is 3.32. The first-order chi connectivity index (χ1) is 5.53. The Morgan fingerprint density at radius 2 is 2.33 bits per heavy atom. The normalized spacial score (nSPS) is 12.0. The minimum Gasteiger partial charge on any atom is -0.440 e. The summed E-state index contributed by atoms with van der Waals surface area (Å²) in [5, 5.41) is 0.697. The van der Waals surface area contributed by atoms with Crippen LogP contribution < -0.4 is 5.73 Å². The van der Waals surface area contributed by atoms with Gasteiger partial charge in [0.05, 0.1) is 5.69 Å². The SMILES string of the molecule is Cc1coc(SC(C)(C)CN)n1. The highest BCUT2D eigenvalue weighted by Gasteiger charge is 2.19. The van der Waals surface area contributed by atoms with Gasteiger partial charge in [-0.1, -0.05) is 11.8 Å². The number of aryl methyl sites for hydroxylation is 1. The summed E-state index contributed by atoms with van der Waals surface area (Å²) in [6, 6.07) is 0. The van der Waals surface area contributed by atoms with E-state index < -0.39 is 0 Å². The van der Waals surface area contributed by atoms with Gasteiger partial charge in [0.25, 0.3) is 5.22 Å². The van der Waals surface area contributed by atoms with Crippen molar-refractivity contribution in [3.8, 4) is 0 Å². The molecule has 0 saturated heterocycles. The van der Waals surface area contributed by atoms with E-state index in [-0.39, 0.29) is 4.75 Å². The monoisotopic (exact) mass is 186 g/mol. The number of oxazole rings is 1. The zero-order valence-corrected chi connectivity index (χ0v) is 8.44. The zero-order valence-electron chi connectivity index (χ0n) is 7.63. The first-order valence-electron chi connectivity index (χ1n) is 3.85. The van der Waals surface area contributed by atoms with Gasteiger partial charge < -0.3 is 10.2 Å². The maximum atomic E-state index is 5.57. The molecule has 12 heavy (non-hydrogen) atoms. The van der Waals surface area contributed by atoms with Gasteiger partial charge in [0.2, 0.25) is 0 Å². The Labute approximate surface area is 76.7 Å². The van der Waals surface area contributed by atoms with Gasteiger partial charge in [-0.15, -0.1) is 0 Å². The lowest BCUT2D eigenvalue weighted by Crippen LogP contribution is -2.26. The summed E-state index contributed by atoms with van der Waals surface area (Å²) in [6.45, 7) is 6.65. The lowest BCUT2D eigenvalue weighted by atomic mass is 10.2. The summed E-state index contributed by atoms with van der Waals surface area (Å²) in [5.41, 5.74) is 6.48. The lowest BCUT2D eigenvalue weighted by molar-refractivity contribution is 0.450. The minimum atomic E-state index is -0.00269. The number of nitrogens with two attached hydrogens (primary N) is 1. The quantitative estimate of drug-likeness (QED) is 0.731. The van der Waals surface area contributed by atoms with Crippen LogP contribution in [0.2, 0.25) is 0 Å². The van der Waals surface area contributed by atoms with Gasteiger partial charge in [0, 0.05) is 11.3 Å². The molecule has 0 spiro atoms. The molecule has 0 bridgehead atoms. The van der Waals surface area contributed by atoms with Gasteiger partial charge in [-0.3, -0.25) is 0 Å². The Morgan fingerprint density at radius 1 is 1.67 bits per heavy atom. The first-order valence-corrected chi connectivity index (χ1v) is 4.66. The van der Waals surface area contributed by atoms with Crippen LogP contribution in [0.4, 0.5) is 0 Å². The number of nitrogens with zero attached hydrogens (tertiary/aromatic N) is 1. The summed E-state index contributed by atoms with van der Waals surface area (Å²) in [7, 11) is 0. The van der Waals surface area contributed by atoms with Crippen molar-refractivity contribution < 1.29 is 4.42 Å². The molecular formula is C8H14N2OS. The molecular weight excluding hydrogens is 172 g/mol. The van der Waals surface area contributed by atoms with E-state index in [0.29, 0.717) is 11.8 Å². The molecule has 0 aliphatic heterocycles. The predicted octanol–water partition coefficient (Wildman–Crippen LogP) is 1.81. The summed E-state index contributed by atoms with van der Waals surface area (Å²) in [5.74, 6) is 0. The smallest absolute Gasteiger partial charge is 0.256 e. The fourth-order valence-corrected chi connectivity index (χ4v) is 1.50. The highest BCUT2D eigenvalue weighted by Crippen LogP contribution is 2.30. The molecule has 68 valence electrons. The molecule has 2 N–H and O–H groups in total. The minimum absolute atomic E-state index is 0.00269. The fraction of sp³-hybridized carbons (Fsp3) is 0.625. The molecule has 0 fully saturated rings. The van der Waals surface area contributed by atoms with Gasteiger partial charge in [-0.05, 0) is 20.8 Å². The summed E-state index contributed by atoms with van der Waals surface area (Å²) in [6.07, 6.45) is 1.65. The highest BCUT2D eigenvalue weighted by atomic mass is 32.2. The van der Waals surface area contributed by atoms with E-state index in [1.807, 2.05) is 6.92 Å². The van der Waals surface area contributed by atoms with Gasteiger partial charge in [-0.2, -0.15) is 0 Å². The molecule has 1 rings (SSSR count). The Bertz CT molecular complexity index is 257. The fourth-order valence-electron chi connectivity index (χ4n) is 0.657. The molecule has 0 amide bonds. The molecule has 1 aromatic heterocycles. The van der Waals surface area contributed by atoms with Crippen LogP contribution in [-0.4, -0.2) is 16.3 Å². The maximum absolute atomic E-state index is 5.57. The van der Waals surface area contributed by atoms with Gasteiger partial charge >= 0.3 is 0 Å². The van der Waals surface area contributed by atoms with E-state index in [9.17, 15) is 0 Å². The number of aromatic nitrogens is 1. The van der Waals surface area contributed by atoms with Crippen LogP contribution in [0.3, 0.4) is 0 Å². The number of thioether (sulfide) groups is 1. The van der Waals surface area contributed by atoms with E-state index in [1.54, 1.807) is 18.0 Å². The molecule has 1 aromatic rings. The lowest BCUT2D eigenvalue weighted by Gasteiger charge is -2.18. The third kappa shape index (κ3) is 2.53. The van der Waals surface area contributed by atoms with E-state index >= 15 is 0 Å². The molecule has 0 aromatic carbocycles. The second kappa shape index (κ2) is 3.49. The Morgan fingerprint density at radius 3 is 2.75 bits per heavy atom. The van der Waals surface area contributed by atoms with Crippen LogP contribution in [-0.2, 0) is 0 Å². The largest absolute Gasteiger partial charge is 0.440 e. The standard InChI is InChI=1S/C8H14N2OS/c1-6-4-11-7(10-6)12-8(2,3)5-9/h4H,5,9H2,1-3H3. The van der Waals surface area contributed by atoms with Crippen molar-refractivity contribution >= 4 is 11.8 Å². The van der Waals surface area contributed by atoms with Crippen molar-refractivity contribution in [3.63, 3.8) is 0 Å². The first kappa shape index (κ1) is 9.61. The van der Waals surface area contributed by atoms with Crippen molar-refractivity contribution in [3.05, 3.63) is 12.0 Å². The van der Waals surface area contributed by atoms with Gasteiger partial charge in [0.15, 0.2) is 0 Å². The number of rotatable bonds is 3. The second-order valence-corrected chi connectivity index (χ2v) is 4.98. The highest BCUT2D eigenvalue weighted by molar-refractivity contribution is 8.00. The molecule has 0 saturated carbocycles. The molecule has 0 aliphatic rings. The van der Waals surface area contributed by atoms with Gasteiger partial charge in [0.1, 0.15) is 6.26 Å². The van der Waals surface area contributed by atoms with Crippen LogP contribution >= 0.6 is 11.8 Å².